The molecule has 1 unspecified atom stereocenters. The molecule has 0 N–H and O–H groups in total. The average molecular weight is 236 g/mol. The van der Waals surface area contributed by atoms with E-state index in [-0.39, 0.29) is 12.0 Å². The van der Waals surface area contributed by atoms with Crippen molar-refractivity contribution in [1.29, 1.82) is 0 Å². The van der Waals surface area contributed by atoms with Crippen LogP contribution in [0.1, 0.15) is 12.8 Å². The van der Waals surface area contributed by atoms with Gasteiger partial charge in [0.05, 0.1) is 6.20 Å². The van der Waals surface area contributed by atoms with Crippen molar-refractivity contribution in [3.63, 3.8) is 0 Å². The standard InChI is InChI=1S/C11H16N4O2/c16-11(10-2-1-5-17-10)14-6-9(7-14)8-15-4-3-12-13-15/h3-4,9-10H,1-2,5-8H2. The summed E-state index contributed by atoms with van der Waals surface area (Å²) < 4.78 is 7.21. The van der Waals surface area contributed by atoms with Crippen molar-refractivity contribution in [3.05, 3.63) is 12.4 Å². The maximum atomic E-state index is 11.9. The molecule has 6 heteroatoms. The first kappa shape index (κ1) is 10.7. The average Bonchev–Trinajstić information content (AvgIpc) is 2.94. The lowest BCUT2D eigenvalue weighted by atomic mass is 9.99. The highest BCUT2D eigenvalue weighted by atomic mass is 16.5. The Morgan fingerprint density at radius 2 is 2.35 bits per heavy atom. The van der Waals surface area contributed by atoms with E-state index in [0.29, 0.717) is 5.92 Å². The Morgan fingerprint density at radius 3 is 3.00 bits per heavy atom. The van der Waals surface area contributed by atoms with Gasteiger partial charge in [0, 0.05) is 38.4 Å². The van der Waals surface area contributed by atoms with Gasteiger partial charge in [0.2, 0.25) is 0 Å². The van der Waals surface area contributed by atoms with Crippen LogP contribution in [0.4, 0.5) is 0 Å². The quantitative estimate of drug-likeness (QED) is 0.736. The molecule has 17 heavy (non-hydrogen) atoms. The number of hydrogen-bond acceptors (Lipinski definition) is 4. The molecule has 6 nitrogen and oxygen atoms in total. The molecular formula is C11H16N4O2. The molecule has 2 aliphatic heterocycles. The van der Waals surface area contributed by atoms with E-state index in [0.717, 1.165) is 39.1 Å². The highest BCUT2D eigenvalue weighted by molar-refractivity contribution is 5.81. The van der Waals surface area contributed by atoms with Crippen LogP contribution in [-0.4, -0.2) is 51.6 Å². The second-order valence-electron chi connectivity index (χ2n) is 4.74. The van der Waals surface area contributed by atoms with Gasteiger partial charge in [0.15, 0.2) is 0 Å². The first-order chi connectivity index (χ1) is 8.33. The third-order valence-electron chi connectivity index (χ3n) is 3.39. The Kier molecular flexibility index (Phi) is 2.80. The fraction of sp³-hybridized carbons (Fsp3) is 0.727. The van der Waals surface area contributed by atoms with Gasteiger partial charge in [-0.25, -0.2) is 0 Å². The topological polar surface area (TPSA) is 60.2 Å². The van der Waals surface area contributed by atoms with Crippen molar-refractivity contribution in [1.82, 2.24) is 19.9 Å². The highest BCUT2D eigenvalue weighted by Crippen LogP contribution is 2.22. The van der Waals surface area contributed by atoms with Crippen molar-refractivity contribution < 1.29 is 9.53 Å². The zero-order chi connectivity index (χ0) is 11.7. The molecule has 0 saturated carbocycles. The predicted octanol–water partition coefficient (Wildman–Crippen LogP) is -0.0845. The fourth-order valence-electron chi connectivity index (χ4n) is 2.44. The molecule has 2 aliphatic rings. The number of nitrogens with zero attached hydrogens (tertiary/aromatic N) is 4. The maximum absolute atomic E-state index is 11.9. The molecule has 0 spiro atoms. The number of amides is 1. The van der Waals surface area contributed by atoms with Crippen LogP contribution in [0, 0.1) is 5.92 Å². The first-order valence-corrected chi connectivity index (χ1v) is 6.07. The minimum atomic E-state index is -0.178. The molecular weight excluding hydrogens is 220 g/mol. The number of likely N-dealkylation sites (tertiary alicyclic amines) is 1. The molecule has 2 saturated heterocycles. The van der Waals surface area contributed by atoms with Crippen molar-refractivity contribution >= 4 is 5.91 Å². The summed E-state index contributed by atoms with van der Waals surface area (Å²) in [5.74, 6) is 0.666. The summed E-state index contributed by atoms with van der Waals surface area (Å²) in [6.07, 6.45) is 5.23. The van der Waals surface area contributed by atoms with E-state index in [9.17, 15) is 4.79 Å². The van der Waals surface area contributed by atoms with Crippen molar-refractivity contribution in [3.8, 4) is 0 Å². The van der Waals surface area contributed by atoms with Crippen LogP contribution in [0.25, 0.3) is 0 Å². The number of hydrogen-bond donors (Lipinski definition) is 0. The van der Waals surface area contributed by atoms with Crippen molar-refractivity contribution in [2.75, 3.05) is 19.7 Å². The van der Waals surface area contributed by atoms with Gasteiger partial charge in [-0.2, -0.15) is 0 Å². The third-order valence-corrected chi connectivity index (χ3v) is 3.39. The van der Waals surface area contributed by atoms with Gasteiger partial charge in [0.25, 0.3) is 5.91 Å². The van der Waals surface area contributed by atoms with Crippen LogP contribution in [0.5, 0.6) is 0 Å². The lowest BCUT2D eigenvalue weighted by Crippen LogP contribution is -2.54. The lowest BCUT2D eigenvalue weighted by Gasteiger charge is -2.40. The van der Waals surface area contributed by atoms with Gasteiger partial charge in [-0.15, -0.1) is 5.10 Å². The zero-order valence-electron chi connectivity index (χ0n) is 9.66. The molecule has 1 aromatic rings. The predicted molar refractivity (Wildman–Crippen MR) is 59.1 cm³/mol. The molecule has 1 atom stereocenters. The summed E-state index contributed by atoms with van der Waals surface area (Å²) >= 11 is 0. The van der Waals surface area contributed by atoms with Gasteiger partial charge >= 0.3 is 0 Å². The summed E-state index contributed by atoms with van der Waals surface area (Å²) in [5.41, 5.74) is 0. The van der Waals surface area contributed by atoms with Gasteiger partial charge < -0.3 is 9.64 Å². The SMILES string of the molecule is O=C(C1CCCO1)N1CC(Cn2ccnn2)C1. The number of ether oxygens (including phenoxy) is 1. The molecule has 0 bridgehead atoms. The van der Waals surface area contributed by atoms with E-state index in [1.165, 1.54) is 0 Å². The van der Waals surface area contributed by atoms with Crippen LogP contribution in [-0.2, 0) is 16.1 Å². The molecule has 0 radical (unpaired) electrons. The van der Waals surface area contributed by atoms with Gasteiger partial charge in [-0.05, 0) is 12.8 Å². The zero-order valence-corrected chi connectivity index (χ0v) is 9.66. The van der Waals surface area contributed by atoms with Crippen LogP contribution in [0.2, 0.25) is 0 Å². The van der Waals surface area contributed by atoms with Crippen LogP contribution in [0.15, 0.2) is 12.4 Å². The lowest BCUT2D eigenvalue weighted by molar-refractivity contribution is -0.147. The Hall–Kier alpha value is -1.43. The van der Waals surface area contributed by atoms with Gasteiger partial charge in [-0.1, -0.05) is 5.21 Å². The monoisotopic (exact) mass is 236 g/mol. The third kappa shape index (κ3) is 2.17. The molecule has 1 amide bonds. The molecule has 0 aliphatic carbocycles. The first-order valence-electron chi connectivity index (χ1n) is 6.07. The van der Waals surface area contributed by atoms with Gasteiger partial charge in [0.1, 0.15) is 6.10 Å². The molecule has 1 aromatic heterocycles. The molecule has 92 valence electrons. The van der Waals surface area contributed by atoms with Crippen LogP contribution in [0.3, 0.4) is 0 Å². The van der Waals surface area contributed by atoms with E-state index in [1.807, 2.05) is 15.8 Å². The molecule has 0 aromatic carbocycles. The summed E-state index contributed by atoms with van der Waals surface area (Å²) in [6.45, 7) is 3.21. The Morgan fingerprint density at radius 1 is 1.47 bits per heavy atom. The fourth-order valence-corrected chi connectivity index (χ4v) is 2.44. The van der Waals surface area contributed by atoms with E-state index < -0.39 is 0 Å². The number of rotatable bonds is 3. The largest absolute Gasteiger partial charge is 0.368 e. The number of carbonyl (C=O) groups is 1. The Labute approximate surface area is 99.5 Å². The van der Waals surface area contributed by atoms with E-state index >= 15 is 0 Å². The highest BCUT2D eigenvalue weighted by Gasteiger charge is 2.36. The second-order valence-corrected chi connectivity index (χ2v) is 4.74. The van der Waals surface area contributed by atoms with Crippen LogP contribution < -0.4 is 0 Å². The summed E-state index contributed by atoms with van der Waals surface area (Å²) in [5, 5.41) is 7.69. The van der Waals surface area contributed by atoms with Crippen LogP contribution >= 0.6 is 0 Å². The normalized spacial score (nSPS) is 24.9. The van der Waals surface area contributed by atoms with E-state index in [1.54, 1.807) is 6.20 Å². The van der Waals surface area contributed by atoms with Gasteiger partial charge in [-0.3, -0.25) is 9.48 Å². The summed E-state index contributed by atoms with van der Waals surface area (Å²) in [7, 11) is 0. The second kappa shape index (κ2) is 4.44. The number of aromatic nitrogens is 3. The Balaban J connectivity index is 1.46. The molecule has 3 heterocycles. The summed E-state index contributed by atoms with van der Waals surface area (Å²) in [6, 6.07) is 0. The minimum absolute atomic E-state index is 0.164. The van der Waals surface area contributed by atoms with Crippen molar-refractivity contribution in [2.24, 2.45) is 5.92 Å². The molecule has 2 fully saturated rings. The van der Waals surface area contributed by atoms with Crippen molar-refractivity contribution in [2.45, 2.75) is 25.5 Å². The number of carbonyl (C=O) groups excluding carboxylic acids is 1. The maximum Gasteiger partial charge on any atom is 0.251 e. The Bertz CT molecular complexity index is 380. The van der Waals surface area contributed by atoms with E-state index in [2.05, 4.69) is 10.3 Å². The smallest absolute Gasteiger partial charge is 0.251 e. The molecule has 3 rings (SSSR count). The summed E-state index contributed by atoms with van der Waals surface area (Å²) in [4.78, 5) is 13.8. The van der Waals surface area contributed by atoms with E-state index in [4.69, 9.17) is 4.74 Å². The minimum Gasteiger partial charge on any atom is -0.368 e.